The summed E-state index contributed by atoms with van der Waals surface area (Å²) in [5.74, 6) is 0. The maximum absolute atomic E-state index is 7.22. The third-order valence-corrected chi connectivity index (χ3v) is 12.4. The number of rotatable bonds is 4. The third kappa shape index (κ3) is 5.08. The summed E-state index contributed by atoms with van der Waals surface area (Å²) >= 11 is 0. The van der Waals surface area contributed by atoms with Crippen LogP contribution >= 0.6 is 0 Å². The molecule has 4 heteroatoms. The highest BCUT2D eigenvalue weighted by Crippen LogP contribution is 2.45. The van der Waals surface area contributed by atoms with E-state index in [0.717, 1.165) is 94.8 Å². The molecule has 13 rings (SSSR count). The van der Waals surface area contributed by atoms with E-state index in [1.807, 2.05) is 12.1 Å². The van der Waals surface area contributed by atoms with Crippen LogP contribution < -0.4 is 5.73 Å². The number of nitrogens with zero attached hydrogens (tertiary/aromatic N) is 1. The highest BCUT2D eigenvalue weighted by atomic mass is 16.3. The van der Waals surface area contributed by atoms with Crippen molar-refractivity contribution >= 4 is 65.7 Å². The van der Waals surface area contributed by atoms with Gasteiger partial charge in [0.25, 0.3) is 0 Å². The number of benzene rings is 9. The fourth-order valence-corrected chi connectivity index (χ4v) is 9.76. The topological polar surface area (TPSA) is 57.2 Å². The number of para-hydroxylation sites is 5. The van der Waals surface area contributed by atoms with Gasteiger partial charge >= 0.3 is 0 Å². The molecule has 60 heavy (non-hydrogen) atoms. The molecule has 284 valence electrons. The van der Waals surface area contributed by atoms with Gasteiger partial charge in [0.15, 0.2) is 5.58 Å². The average molecular weight is 771 g/mol. The molecule has 0 saturated heterocycles. The highest BCUT2D eigenvalue weighted by molar-refractivity contribution is 6.16. The lowest BCUT2D eigenvalue weighted by atomic mass is 9.95. The number of hydrogen-bond donors (Lipinski definition) is 1. The minimum atomic E-state index is 0.868. The van der Waals surface area contributed by atoms with Gasteiger partial charge in [0, 0.05) is 43.4 Å². The summed E-state index contributed by atoms with van der Waals surface area (Å²) < 4.78 is 16.1. The van der Waals surface area contributed by atoms with Crippen molar-refractivity contribution in [2.75, 3.05) is 7.05 Å². The zero-order chi connectivity index (χ0) is 39.9. The Morgan fingerprint density at radius 1 is 0.367 bits per heavy atom. The van der Waals surface area contributed by atoms with Crippen molar-refractivity contribution in [3.05, 3.63) is 199 Å². The Labute approximate surface area is 346 Å². The van der Waals surface area contributed by atoms with Crippen LogP contribution in [0.4, 0.5) is 0 Å². The van der Waals surface area contributed by atoms with E-state index in [4.69, 9.17) is 8.83 Å². The van der Waals surface area contributed by atoms with Gasteiger partial charge in [-0.1, -0.05) is 146 Å². The molecule has 1 aliphatic carbocycles. The minimum absolute atomic E-state index is 0.868. The Bertz CT molecular complexity index is 3620. The Kier molecular flexibility index (Phi) is 7.71. The van der Waals surface area contributed by atoms with Gasteiger partial charge in [0.1, 0.15) is 16.7 Å². The Morgan fingerprint density at radius 3 is 1.68 bits per heavy atom. The van der Waals surface area contributed by atoms with Gasteiger partial charge in [-0.05, 0) is 100 Å². The van der Waals surface area contributed by atoms with E-state index < -0.39 is 0 Å². The lowest BCUT2D eigenvalue weighted by Gasteiger charge is -2.13. The van der Waals surface area contributed by atoms with Crippen molar-refractivity contribution in [2.24, 2.45) is 5.73 Å². The fraction of sp³-hybridized carbons (Fsp3) is 0.0357. The summed E-state index contributed by atoms with van der Waals surface area (Å²) in [5, 5.41) is 6.88. The monoisotopic (exact) mass is 770 g/mol. The van der Waals surface area contributed by atoms with Gasteiger partial charge in [-0.3, -0.25) is 0 Å². The van der Waals surface area contributed by atoms with Crippen LogP contribution in [0.15, 0.2) is 197 Å². The molecular weight excluding hydrogens is 733 g/mol. The average Bonchev–Trinajstić information content (AvgIpc) is 4.08. The van der Waals surface area contributed by atoms with Crippen LogP contribution in [0, 0.1) is 0 Å². The van der Waals surface area contributed by atoms with Crippen LogP contribution in [0.1, 0.15) is 11.1 Å². The summed E-state index contributed by atoms with van der Waals surface area (Å²) in [7, 11) is 1.50. The van der Waals surface area contributed by atoms with Crippen LogP contribution in [0.5, 0.6) is 0 Å². The van der Waals surface area contributed by atoms with Crippen LogP contribution in [0.2, 0.25) is 0 Å². The lowest BCUT2D eigenvalue weighted by Crippen LogP contribution is -1.95. The molecule has 0 saturated carbocycles. The van der Waals surface area contributed by atoms with Gasteiger partial charge in [-0.2, -0.15) is 0 Å². The fourth-order valence-electron chi connectivity index (χ4n) is 9.76. The maximum Gasteiger partial charge on any atom is 0.159 e. The molecular formula is C56H38N2O2. The normalized spacial score (nSPS) is 12.1. The SMILES string of the molecule is CN.c1cc(-c2cccc3c2oc2ccccc23)cc(-c2cccc3c2oc2c(-n4c5ccccc5c5ccccc54)cc(-c4ccc5c(c4)-c4ccccc4C5)cc23)c1. The first-order valence-corrected chi connectivity index (χ1v) is 20.5. The van der Waals surface area contributed by atoms with Crippen molar-refractivity contribution in [2.45, 2.75) is 6.42 Å². The van der Waals surface area contributed by atoms with Crippen LogP contribution in [-0.4, -0.2) is 11.6 Å². The molecule has 12 aromatic rings. The van der Waals surface area contributed by atoms with E-state index in [0.29, 0.717) is 0 Å². The Balaban J connectivity index is 0.00000191. The first-order valence-electron chi connectivity index (χ1n) is 20.5. The summed E-state index contributed by atoms with van der Waals surface area (Å²) in [4.78, 5) is 0. The van der Waals surface area contributed by atoms with E-state index >= 15 is 0 Å². The van der Waals surface area contributed by atoms with E-state index in [2.05, 4.69) is 186 Å². The van der Waals surface area contributed by atoms with Crippen LogP contribution in [0.3, 0.4) is 0 Å². The maximum atomic E-state index is 7.22. The quantitative estimate of drug-likeness (QED) is 0.194. The second kappa shape index (κ2) is 13.5. The summed E-state index contributed by atoms with van der Waals surface area (Å²) in [6.07, 6.45) is 0.973. The second-order valence-corrected chi connectivity index (χ2v) is 15.6. The van der Waals surface area contributed by atoms with Gasteiger partial charge in [-0.15, -0.1) is 0 Å². The zero-order valence-electron chi connectivity index (χ0n) is 32.9. The summed E-state index contributed by atoms with van der Waals surface area (Å²) in [6, 6.07) is 67.9. The van der Waals surface area contributed by atoms with Crippen molar-refractivity contribution in [3.8, 4) is 50.2 Å². The summed E-state index contributed by atoms with van der Waals surface area (Å²) in [5.41, 5.74) is 23.5. The van der Waals surface area contributed by atoms with E-state index in [1.165, 1.54) is 45.6 Å². The first-order chi connectivity index (χ1) is 29.7. The Hall–Kier alpha value is -7.66. The van der Waals surface area contributed by atoms with Crippen LogP contribution in [-0.2, 0) is 6.42 Å². The number of aromatic nitrogens is 1. The van der Waals surface area contributed by atoms with Gasteiger partial charge in [0.2, 0.25) is 0 Å². The molecule has 2 N–H and O–H groups in total. The standard InChI is InChI=1S/C55H33NO2.CH5N/c1-2-15-39-34(12-1)28-37-27-26-33(30-47(37)39)38-31-48-46-22-11-20-41(36-14-9-13-35(29-36)40-19-10-21-45-44-18-5-8-25-52(44)57-53(40)45)54(46)58-55(48)51(32-38)56-49-23-6-3-16-42(49)43-17-4-7-24-50(43)56;1-2/h1-27,29-32H,28H2;2H2,1H3. The molecule has 0 unspecified atom stereocenters. The highest BCUT2D eigenvalue weighted by Gasteiger charge is 2.23. The molecule has 4 nitrogen and oxygen atoms in total. The lowest BCUT2D eigenvalue weighted by molar-refractivity contribution is 0.667. The number of hydrogen-bond acceptors (Lipinski definition) is 3. The smallest absolute Gasteiger partial charge is 0.159 e. The molecule has 1 aliphatic rings. The molecule has 0 radical (unpaired) electrons. The molecule has 0 fully saturated rings. The van der Waals surface area contributed by atoms with Crippen LogP contribution in [0.25, 0.3) is 116 Å². The van der Waals surface area contributed by atoms with E-state index in [9.17, 15) is 0 Å². The molecule has 0 bridgehead atoms. The van der Waals surface area contributed by atoms with Gasteiger partial charge in [-0.25, -0.2) is 0 Å². The number of nitrogens with two attached hydrogens (primary N) is 1. The molecule has 0 aliphatic heterocycles. The largest absolute Gasteiger partial charge is 0.455 e. The molecule has 0 atom stereocenters. The van der Waals surface area contributed by atoms with E-state index in [1.54, 1.807) is 0 Å². The number of furan rings is 2. The Morgan fingerprint density at radius 2 is 0.933 bits per heavy atom. The third-order valence-electron chi connectivity index (χ3n) is 12.4. The molecule has 9 aromatic carbocycles. The van der Waals surface area contributed by atoms with E-state index in [-0.39, 0.29) is 0 Å². The van der Waals surface area contributed by atoms with Crippen molar-refractivity contribution in [1.82, 2.24) is 4.57 Å². The number of fused-ring (bicyclic) bond motifs is 12. The van der Waals surface area contributed by atoms with Gasteiger partial charge in [0.05, 0.1) is 16.7 Å². The van der Waals surface area contributed by atoms with Crippen molar-refractivity contribution < 1.29 is 8.83 Å². The molecule has 0 spiro atoms. The van der Waals surface area contributed by atoms with Crippen molar-refractivity contribution in [3.63, 3.8) is 0 Å². The van der Waals surface area contributed by atoms with Crippen molar-refractivity contribution in [1.29, 1.82) is 0 Å². The second-order valence-electron chi connectivity index (χ2n) is 15.6. The zero-order valence-corrected chi connectivity index (χ0v) is 32.9. The predicted octanol–water partition coefficient (Wildman–Crippen LogP) is 14.7. The predicted molar refractivity (Wildman–Crippen MR) is 250 cm³/mol. The molecule has 3 aromatic heterocycles. The first kappa shape index (κ1) is 34.4. The molecule has 0 amide bonds. The minimum Gasteiger partial charge on any atom is -0.455 e. The summed E-state index contributed by atoms with van der Waals surface area (Å²) in [6.45, 7) is 0. The van der Waals surface area contributed by atoms with Gasteiger partial charge < -0.3 is 19.1 Å². The molecule has 3 heterocycles.